The molecule has 2 nitrogen and oxygen atoms in total. The van der Waals surface area contributed by atoms with Crippen molar-refractivity contribution in [2.45, 2.75) is 71.0 Å². The average molecular weight is 295 g/mol. The predicted molar refractivity (Wildman–Crippen MR) is 74.8 cm³/mol. The van der Waals surface area contributed by atoms with Crippen molar-refractivity contribution in [3.8, 4) is 0 Å². The van der Waals surface area contributed by atoms with Crippen molar-refractivity contribution >= 4 is 0 Å². The predicted octanol–water partition coefficient (Wildman–Crippen LogP) is 4.29. The molecule has 0 radical (unpaired) electrons. The Balaban J connectivity index is 2.29. The van der Waals surface area contributed by atoms with Crippen molar-refractivity contribution in [3.63, 3.8) is 0 Å². The number of nitrogens with one attached hydrogen (secondary N) is 1. The van der Waals surface area contributed by atoms with Gasteiger partial charge in [0.2, 0.25) is 0 Å². The lowest BCUT2D eigenvalue weighted by molar-refractivity contribution is -0.174. The van der Waals surface area contributed by atoms with Crippen molar-refractivity contribution in [2.24, 2.45) is 5.41 Å². The number of hydrogen-bond donors (Lipinski definition) is 1. The van der Waals surface area contributed by atoms with Crippen molar-refractivity contribution in [1.82, 2.24) is 5.32 Å². The molecule has 1 rings (SSSR count). The van der Waals surface area contributed by atoms with Crippen molar-refractivity contribution in [3.05, 3.63) is 0 Å². The number of halogens is 3. The summed E-state index contributed by atoms with van der Waals surface area (Å²) in [6.07, 6.45) is 3.61. The number of alkyl halides is 3. The largest absolute Gasteiger partial charge is 0.411 e. The highest BCUT2D eigenvalue weighted by Gasteiger charge is 2.32. The molecule has 0 atom stereocenters. The van der Waals surface area contributed by atoms with Gasteiger partial charge in [0.25, 0.3) is 0 Å². The SMILES string of the molecule is CC(C)NCC1(CCCOCC(F)(F)F)CCCCC1. The van der Waals surface area contributed by atoms with Crippen LogP contribution in [0.2, 0.25) is 0 Å². The molecule has 0 saturated heterocycles. The zero-order valence-electron chi connectivity index (χ0n) is 12.7. The Bertz CT molecular complexity index is 260. The Kier molecular flexibility index (Phi) is 7.30. The van der Waals surface area contributed by atoms with Crippen molar-refractivity contribution in [1.29, 1.82) is 0 Å². The van der Waals surface area contributed by atoms with Gasteiger partial charge >= 0.3 is 6.18 Å². The van der Waals surface area contributed by atoms with Crippen molar-refractivity contribution in [2.75, 3.05) is 19.8 Å². The molecule has 0 aliphatic heterocycles. The van der Waals surface area contributed by atoms with Crippen LogP contribution in [0, 0.1) is 5.41 Å². The molecule has 0 spiro atoms. The highest BCUT2D eigenvalue weighted by atomic mass is 19.4. The molecule has 1 fully saturated rings. The van der Waals surface area contributed by atoms with Gasteiger partial charge in [-0.1, -0.05) is 33.1 Å². The lowest BCUT2D eigenvalue weighted by Gasteiger charge is -2.38. The lowest BCUT2D eigenvalue weighted by atomic mass is 9.71. The molecular weight excluding hydrogens is 267 g/mol. The minimum atomic E-state index is -4.21. The maximum Gasteiger partial charge on any atom is 0.411 e. The van der Waals surface area contributed by atoms with E-state index < -0.39 is 12.8 Å². The molecule has 5 heteroatoms. The summed E-state index contributed by atoms with van der Waals surface area (Å²) in [7, 11) is 0. The first kappa shape index (κ1) is 17.8. The Morgan fingerprint density at radius 1 is 1.15 bits per heavy atom. The van der Waals surface area contributed by atoms with Gasteiger partial charge in [-0.3, -0.25) is 0 Å². The van der Waals surface area contributed by atoms with Gasteiger partial charge in [0.1, 0.15) is 6.61 Å². The summed E-state index contributed by atoms with van der Waals surface area (Å²) in [6.45, 7) is 4.32. The summed E-state index contributed by atoms with van der Waals surface area (Å²) in [5.41, 5.74) is 0.268. The topological polar surface area (TPSA) is 21.3 Å². The molecule has 20 heavy (non-hydrogen) atoms. The first-order valence-corrected chi connectivity index (χ1v) is 7.71. The summed E-state index contributed by atoms with van der Waals surface area (Å²) >= 11 is 0. The quantitative estimate of drug-likeness (QED) is 0.674. The number of ether oxygens (including phenoxy) is 1. The average Bonchev–Trinajstić information content (AvgIpc) is 2.36. The highest BCUT2D eigenvalue weighted by molar-refractivity contribution is 4.85. The first-order chi connectivity index (χ1) is 9.33. The monoisotopic (exact) mass is 295 g/mol. The third kappa shape index (κ3) is 7.48. The molecule has 1 aliphatic carbocycles. The molecule has 0 aromatic rings. The van der Waals surface area contributed by atoms with Crippen LogP contribution in [-0.4, -0.2) is 32.0 Å². The van der Waals surface area contributed by atoms with E-state index in [4.69, 9.17) is 4.74 Å². The smallest absolute Gasteiger partial charge is 0.372 e. The Morgan fingerprint density at radius 2 is 1.80 bits per heavy atom. The van der Waals surface area contributed by atoms with Crippen LogP contribution < -0.4 is 5.32 Å². The van der Waals surface area contributed by atoms with Gasteiger partial charge in [0, 0.05) is 19.2 Å². The van der Waals surface area contributed by atoms with Crippen LogP contribution in [0.15, 0.2) is 0 Å². The molecule has 1 saturated carbocycles. The number of hydrogen-bond acceptors (Lipinski definition) is 2. The molecule has 0 bridgehead atoms. The Labute approximate surface area is 120 Å². The third-order valence-electron chi connectivity index (χ3n) is 4.06. The van der Waals surface area contributed by atoms with E-state index >= 15 is 0 Å². The zero-order valence-corrected chi connectivity index (χ0v) is 12.7. The summed E-state index contributed by atoms with van der Waals surface area (Å²) in [5, 5.41) is 3.50. The second kappa shape index (κ2) is 8.23. The second-order valence-electron chi connectivity index (χ2n) is 6.37. The van der Waals surface area contributed by atoms with Gasteiger partial charge in [-0.25, -0.2) is 0 Å². The molecule has 0 heterocycles. The Hall–Kier alpha value is -0.290. The summed E-state index contributed by atoms with van der Waals surface area (Å²) in [5.74, 6) is 0. The van der Waals surface area contributed by atoms with E-state index in [1.807, 2.05) is 0 Å². The van der Waals surface area contributed by atoms with E-state index in [2.05, 4.69) is 19.2 Å². The maximum absolute atomic E-state index is 12.0. The standard InChI is InChI=1S/C15H28F3NO/c1-13(2)19-11-14(7-4-3-5-8-14)9-6-10-20-12-15(16,17)18/h13,19H,3-12H2,1-2H3. The van der Waals surface area contributed by atoms with Gasteiger partial charge in [-0.15, -0.1) is 0 Å². The van der Waals surface area contributed by atoms with Crippen LogP contribution in [0.4, 0.5) is 13.2 Å². The highest BCUT2D eigenvalue weighted by Crippen LogP contribution is 2.39. The molecule has 0 amide bonds. The minimum Gasteiger partial charge on any atom is -0.372 e. The van der Waals surface area contributed by atoms with E-state index in [-0.39, 0.29) is 12.0 Å². The van der Waals surface area contributed by atoms with E-state index in [0.29, 0.717) is 6.04 Å². The molecular formula is C15H28F3NO. The number of rotatable bonds is 8. The fourth-order valence-electron chi connectivity index (χ4n) is 2.97. The van der Waals surface area contributed by atoms with Crippen LogP contribution in [-0.2, 0) is 4.74 Å². The molecule has 0 aromatic carbocycles. The van der Waals surface area contributed by atoms with Crippen LogP contribution in [0.5, 0.6) is 0 Å². The summed E-state index contributed by atoms with van der Waals surface area (Å²) in [4.78, 5) is 0. The first-order valence-electron chi connectivity index (χ1n) is 7.71. The molecule has 0 aromatic heterocycles. The molecule has 1 N–H and O–H groups in total. The second-order valence-corrected chi connectivity index (χ2v) is 6.37. The van der Waals surface area contributed by atoms with E-state index in [9.17, 15) is 13.2 Å². The molecule has 0 unspecified atom stereocenters. The van der Waals surface area contributed by atoms with Crippen LogP contribution in [0.25, 0.3) is 0 Å². The van der Waals surface area contributed by atoms with Gasteiger partial charge in [0.05, 0.1) is 0 Å². The summed E-state index contributed by atoms with van der Waals surface area (Å²) in [6, 6.07) is 0.454. The molecule has 1 aliphatic rings. The van der Waals surface area contributed by atoms with E-state index in [0.717, 1.165) is 19.4 Å². The van der Waals surface area contributed by atoms with E-state index in [1.165, 1.54) is 32.1 Å². The lowest BCUT2D eigenvalue weighted by Crippen LogP contribution is -2.39. The zero-order chi connectivity index (χ0) is 15.1. The minimum absolute atomic E-state index is 0.211. The normalized spacial score (nSPS) is 19.5. The molecule has 120 valence electrons. The van der Waals surface area contributed by atoms with Crippen LogP contribution >= 0.6 is 0 Å². The van der Waals surface area contributed by atoms with E-state index in [1.54, 1.807) is 0 Å². The maximum atomic E-state index is 12.0. The van der Waals surface area contributed by atoms with Crippen molar-refractivity contribution < 1.29 is 17.9 Å². The van der Waals surface area contributed by atoms with Gasteiger partial charge in [-0.05, 0) is 31.1 Å². The van der Waals surface area contributed by atoms with Gasteiger partial charge < -0.3 is 10.1 Å². The Morgan fingerprint density at radius 3 is 2.35 bits per heavy atom. The summed E-state index contributed by atoms with van der Waals surface area (Å²) < 4.78 is 40.7. The fraction of sp³-hybridized carbons (Fsp3) is 1.00. The van der Waals surface area contributed by atoms with Gasteiger partial charge in [0.15, 0.2) is 0 Å². The van der Waals surface area contributed by atoms with Crippen LogP contribution in [0.1, 0.15) is 58.8 Å². The fourth-order valence-corrected chi connectivity index (χ4v) is 2.97. The third-order valence-corrected chi connectivity index (χ3v) is 4.06. The van der Waals surface area contributed by atoms with Gasteiger partial charge in [-0.2, -0.15) is 13.2 Å². The van der Waals surface area contributed by atoms with Crippen LogP contribution in [0.3, 0.4) is 0 Å².